The number of rotatable bonds is 0. The van der Waals surface area contributed by atoms with E-state index in [0.29, 0.717) is 6.42 Å². The minimum Gasteiger partial charge on any atom is -0.295 e. The Morgan fingerprint density at radius 1 is 1.54 bits per heavy atom. The number of allylic oxidation sites excluding steroid dienone is 2. The molecule has 0 aromatic rings. The van der Waals surface area contributed by atoms with Gasteiger partial charge in [-0.15, -0.1) is 0 Å². The van der Waals surface area contributed by atoms with E-state index in [4.69, 9.17) is 34.8 Å². The normalized spacial score (nSPS) is 35.2. The molecule has 0 saturated heterocycles. The summed E-state index contributed by atoms with van der Waals surface area (Å²) in [5.41, 5.74) is -0.537. The summed E-state index contributed by atoms with van der Waals surface area (Å²) in [5.74, 6) is 0.0392. The molecule has 0 amide bonds. The molecule has 0 aliphatic heterocycles. The van der Waals surface area contributed by atoms with Crippen molar-refractivity contribution >= 4 is 40.6 Å². The minimum absolute atomic E-state index is 0.0642. The highest BCUT2D eigenvalue weighted by molar-refractivity contribution is 6.68. The fourth-order valence-corrected chi connectivity index (χ4v) is 1.87. The molecule has 1 aliphatic carbocycles. The maximum atomic E-state index is 11.2. The van der Waals surface area contributed by atoms with Crippen LogP contribution in [0.2, 0.25) is 0 Å². The number of ketones is 1. The molecule has 13 heavy (non-hydrogen) atoms. The van der Waals surface area contributed by atoms with Crippen molar-refractivity contribution in [3.05, 3.63) is 12.2 Å². The van der Waals surface area contributed by atoms with Gasteiger partial charge in [-0.2, -0.15) is 0 Å². The minimum atomic E-state index is -1.35. The van der Waals surface area contributed by atoms with Crippen LogP contribution >= 0.6 is 34.8 Å². The Labute approximate surface area is 93.0 Å². The van der Waals surface area contributed by atoms with Crippen molar-refractivity contribution in [3.8, 4) is 0 Å². The van der Waals surface area contributed by atoms with Gasteiger partial charge in [0.05, 0.1) is 0 Å². The summed E-state index contributed by atoms with van der Waals surface area (Å²) in [6.07, 6.45) is 3.79. The Morgan fingerprint density at radius 2 is 2.08 bits per heavy atom. The average molecular weight is 242 g/mol. The summed E-state index contributed by atoms with van der Waals surface area (Å²) in [5, 5.41) is 0. The lowest BCUT2D eigenvalue weighted by atomic mass is 9.76. The van der Waals surface area contributed by atoms with Gasteiger partial charge in [0.15, 0.2) is 9.58 Å². The Kier molecular flexibility index (Phi) is 3.01. The second-order valence-electron chi connectivity index (χ2n) is 3.76. The number of halogens is 3. The third kappa shape index (κ3) is 2.20. The predicted molar refractivity (Wildman–Crippen MR) is 56.3 cm³/mol. The van der Waals surface area contributed by atoms with E-state index in [2.05, 4.69) is 0 Å². The Bertz CT molecular complexity index is 254. The largest absolute Gasteiger partial charge is 0.295 e. The van der Waals surface area contributed by atoms with E-state index in [1.165, 1.54) is 6.08 Å². The first-order valence-electron chi connectivity index (χ1n) is 4.06. The number of hydrogen-bond acceptors (Lipinski definition) is 1. The van der Waals surface area contributed by atoms with Gasteiger partial charge >= 0.3 is 0 Å². The molecule has 1 aliphatic rings. The van der Waals surface area contributed by atoms with Gasteiger partial charge < -0.3 is 0 Å². The van der Waals surface area contributed by atoms with E-state index in [-0.39, 0.29) is 11.7 Å². The van der Waals surface area contributed by atoms with Gasteiger partial charge in [0.1, 0.15) is 0 Å². The van der Waals surface area contributed by atoms with Crippen LogP contribution in [0.5, 0.6) is 0 Å². The lowest BCUT2D eigenvalue weighted by molar-refractivity contribution is -0.119. The van der Waals surface area contributed by atoms with E-state index in [9.17, 15) is 4.79 Å². The molecule has 0 aromatic carbocycles. The van der Waals surface area contributed by atoms with Crippen LogP contribution in [-0.2, 0) is 4.79 Å². The lowest BCUT2D eigenvalue weighted by Gasteiger charge is -2.37. The van der Waals surface area contributed by atoms with E-state index >= 15 is 0 Å². The quantitative estimate of drug-likeness (QED) is 0.593. The topological polar surface area (TPSA) is 17.1 Å². The van der Waals surface area contributed by atoms with Gasteiger partial charge in [0, 0.05) is 11.3 Å². The monoisotopic (exact) mass is 240 g/mol. The molecular weight excluding hydrogens is 230 g/mol. The smallest absolute Gasteiger partial charge is 0.199 e. The van der Waals surface area contributed by atoms with E-state index in [0.717, 1.165) is 0 Å². The third-order valence-corrected chi connectivity index (χ3v) is 3.77. The summed E-state index contributed by atoms with van der Waals surface area (Å²) in [6, 6.07) is 0. The summed E-state index contributed by atoms with van der Waals surface area (Å²) >= 11 is 17.5. The molecule has 74 valence electrons. The van der Waals surface area contributed by atoms with Crippen LogP contribution in [0.15, 0.2) is 12.2 Å². The SMILES string of the molecule is CC1CC(C)(C(Cl)(Cl)Cl)C=CC1=O. The third-order valence-electron chi connectivity index (χ3n) is 2.48. The standard InChI is InChI=1S/C9H11Cl3O/c1-6-5-8(2,9(10,11)12)4-3-7(6)13/h3-4,6H,5H2,1-2H3. The zero-order valence-corrected chi connectivity index (χ0v) is 9.75. The molecule has 2 unspecified atom stereocenters. The molecule has 1 nitrogen and oxygen atoms in total. The van der Waals surface area contributed by atoms with E-state index < -0.39 is 9.21 Å². The van der Waals surface area contributed by atoms with Crippen molar-refractivity contribution in [2.24, 2.45) is 11.3 Å². The molecule has 2 atom stereocenters. The van der Waals surface area contributed by atoms with Crippen LogP contribution in [0, 0.1) is 11.3 Å². The molecule has 0 radical (unpaired) electrons. The Hall–Kier alpha value is 0.280. The van der Waals surface area contributed by atoms with Crippen LogP contribution in [0.4, 0.5) is 0 Å². The highest BCUT2D eigenvalue weighted by Gasteiger charge is 2.45. The zero-order valence-electron chi connectivity index (χ0n) is 7.48. The molecule has 0 saturated carbocycles. The van der Waals surface area contributed by atoms with Crippen molar-refractivity contribution in [1.82, 2.24) is 0 Å². The second-order valence-corrected chi connectivity index (χ2v) is 6.04. The highest BCUT2D eigenvalue weighted by Crippen LogP contribution is 2.50. The molecule has 0 N–H and O–H groups in total. The van der Waals surface area contributed by atoms with E-state index in [1.54, 1.807) is 6.08 Å². The molecule has 1 rings (SSSR count). The first-order chi connectivity index (χ1) is 5.76. The zero-order chi connectivity index (χ0) is 10.3. The molecular formula is C9H11Cl3O. The van der Waals surface area contributed by atoms with Crippen LogP contribution in [0.25, 0.3) is 0 Å². The maximum Gasteiger partial charge on any atom is 0.199 e. The summed E-state index contributed by atoms with van der Waals surface area (Å²) in [7, 11) is 0. The maximum absolute atomic E-state index is 11.2. The van der Waals surface area contributed by atoms with Crippen molar-refractivity contribution in [1.29, 1.82) is 0 Å². The molecule has 0 bridgehead atoms. The lowest BCUT2D eigenvalue weighted by Crippen LogP contribution is -2.36. The van der Waals surface area contributed by atoms with Gasteiger partial charge in [0.25, 0.3) is 0 Å². The fourth-order valence-electron chi connectivity index (χ4n) is 1.45. The molecule has 0 fully saturated rings. The second kappa shape index (κ2) is 3.45. The Morgan fingerprint density at radius 3 is 2.46 bits per heavy atom. The molecule has 0 heterocycles. The van der Waals surface area contributed by atoms with Crippen molar-refractivity contribution in [2.75, 3.05) is 0 Å². The van der Waals surface area contributed by atoms with Gasteiger partial charge in [-0.3, -0.25) is 4.79 Å². The molecule has 0 spiro atoms. The highest BCUT2D eigenvalue weighted by atomic mass is 35.6. The number of hydrogen-bond donors (Lipinski definition) is 0. The number of alkyl halides is 3. The molecule has 0 aromatic heterocycles. The van der Waals surface area contributed by atoms with Crippen LogP contribution < -0.4 is 0 Å². The average Bonchev–Trinajstić information content (AvgIpc) is 1.95. The first kappa shape index (κ1) is 11.4. The van der Waals surface area contributed by atoms with Crippen molar-refractivity contribution in [2.45, 2.75) is 24.1 Å². The summed E-state index contributed by atoms with van der Waals surface area (Å²) in [4.78, 5) is 11.2. The van der Waals surface area contributed by atoms with Crippen LogP contribution in [0.3, 0.4) is 0 Å². The van der Waals surface area contributed by atoms with E-state index in [1.807, 2.05) is 13.8 Å². The molecule has 4 heteroatoms. The summed E-state index contributed by atoms with van der Waals surface area (Å²) < 4.78 is -1.35. The number of carbonyl (C=O) groups excluding carboxylic acids is 1. The van der Waals surface area contributed by atoms with Gasteiger partial charge in [-0.1, -0.05) is 54.7 Å². The van der Waals surface area contributed by atoms with Crippen molar-refractivity contribution < 1.29 is 4.79 Å². The van der Waals surface area contributed by atoms with Crippen LogP contribution in [-0.4, -0.2) is 9.58 Å². The Balaban J connectivity index is 2.96. The predicted octanol–water partition coefficient (Wildman–Crippen LogP) is 3.53. The first-order valence-corrected chi connectivity index (χ1v) is 5.19. The number of carbonyl (C=O) groups is 1. The van der Waals surface area contributed by atoms with Crippen molar-refractivity contribution in [3.63, 3.8) is 0 Å². The van der Waals surface area contributed by atoms with Gasteiger partial charge in [-0.05, 0) is 12.5 Å². The summed E-state index contributed by atoms with van der Waals surface area (Å²) in [6.45, 7) is 3.69. The van der Waals surface area contributed by atoms with Crippen LogP contribution in [0.1, 0.15) is 20.3 Å². The van der Waals surface area contributed by atoms with Gasteiger partial charge in [-0.25, -0.2) is 0 Å². The van der Waals surface area contributed by atoms with Gasteiger partial charge in [0.2, 0.25) is 0 Å². The fraction of sp³-hybridized carbons (Fsp3) is 0.667.